The van der Waals surface area contributed by atoms with Gasteiger partial charge in [0.05, 0.1) is 26.4 Å². The van der Waals surface area contributed by atoms with Crippen LogP contribution >= 0.6 is 15.6 Å². The Morgan fingerprint density at radius 1 is 0.344 bits per heavy atom. The number of hydrogen-bond donors (Lipinski definition) is 3. The second kappa shape index (κ2) is 67.8. The molecule has 0 bridgehead atoms. The fourth-order valence-electron chi connectivity index (χ4n) is 10.7. The van der Waals surface area contributed by atoms with Crippen molar-refractivity contribution >= 4 is 39.5 Å². The van der Waals surface area contributed by atoms with Gasteiger partial charge < -0.3 is 33.8 Å². The van der Waals surface area contributed by atoms with Crippen molar-refractivity contribution in [1.29, 1.82) is 0 Å². The van der Waals surface area contributed by atoms with E-state index in [4.69, 9.17) is 37.0 Å². The van der Waals surface area contributed by atoms with E-state index in [0.717, 1.165) is 140 Å². The van der Waals surface area contributed by atoms with E-state index in [2.05, 4.69) is 90.2 Å². The van der Waals surface area contributed by atoms with Gasteiger partial charge in [-0.3, -0.25) is 37.3 Å². The van der Waals surface area contributed by atoms with Crippen molar-refractivity contribution in [1.82, 2.24) is 0 Å². The number of aliphatic hydroxyl groups is 1. The molecule has 0 fully saturated rings. The highest BCUT2D eigenvalue weighted by molar-refractivity contribution is 7.47. The van der Waals surface area contributed by atoms with E-state index in [1.807, 2.05) is 0 Å². The molecule has 3 unspecified atom stereocenters. The first-order valence-corrected chi connectivity index (χ1v) is 41.7. The quantitative estimate of drug-likeness (QED) is 0.0169. The minimum atomic E-state index is -4.97. The second-order valence-electron chi connectivity index (χ2n) is 27.1. The SMILES string of the molecule is CCCCCC/C=C\C=C/CCCCCCCC(=O)OC[C@H](COP(=O)(O)OC[C@@H](O)COP(=O)(O)OC[C@@H](COC(=O)CCCCCCCCC(C)CC)OC(=O)CCCCCCCCCCCCCCCC(C)C)OC(=O)CCCCCCC/C=C\C=C/CCCCCC. The maximum absolute atomic E-state index is 13.1. The highest BCUT2D eigenvalue weighted by Gasteiger charge is 2.30. The highest BCUT2D eigenvalue weighted by atomic mass is 31.2. The van der Waals surface area contributed by atoms with Crippen molar-refractivity contribution in [3.05, 3.63) is 48.6 Å². The fraction of sp³-hybridized carbons (Fsp3) is 0.844. The van der Waals surface area contributed by atoms with Crippen LogP contribution in [0.5, 0.6) is 0 Å². The maximum Gasteiger partial charge on any atom is 0.472 e. The molecule has 562 valence electrons. The van der Waals surface area contributed by atoms with E-state index in [1.54, 1.807) is 0 Å². The summed E-state index contributed by atoms with van der Waals surface area (Å²) in [6, 6.07) is 0. The Hall–Kier alpha value is -2.98. The average Bonchev–Trinajstić information content (AvgIpc) is 2.05. The van der Waals surface area contributed by atoms with Gasteiger partial charge in [0, 0.05) is 25.7 Å². The topological polar surface area (TPSA) is 237 Å². The van der Waals surface area contributed by atoms with Gasteiger partial charge in [-0.05, 0) is 88.9 Å². The molecule has 0 saturated heterocycles. The van der Waals surface area contributed by atoms with Crippen molar-refractivity contribution in [2.24, 2.45) is 11.8 Å². The van der Waals surface area contributed by atoms with Gasteiger partial charge in [-0.15, -0.1) is 0 Å². The lowest BCUT2D eigenvalue weighted by atomic mass is 10.00. The number of phosphoric ester groups is 2. The Balaban J connectivity index is 5.32. The van der Waals surface area contributed by atoms with Crippen molar-refractivity contribution in [2.75, 3.05) is 39.6 Å². The van der Waals surface area contributed by atoms with Crippen LogP contribution in [0.1, 0.15) is 350 Å². The number of carbonyl (C=O) groups is 4. The number of rotatable bonds is 72. The Bertz CT molecular complexity index is 2050. The highest BCUT2D eigenvalue weighted by Crippen LogP contribution is 2.45. The van der Waals surface area contributed by atoms with Crippen molar-refractivity contribution in [3.8, 4) is 0 Å². The van der Waals surface area contributed by atoms with Crippen LogP contribution < -0.4 is 0 Å². The minimum Gasteiger partial charge on any atom is -0.462 e. The zero-order chi connectivity index (χ0) is 70.7. The number of unbranched alkanes of at least 4 members (excludes halogenated alkanes) is 35. The standard InChI is InChI=1S/C77H142O17P2/c1-7-10-12-14-16-18-20-22-24-28-32-36-40-47-53-59-74(79)87-65-72(93-76(81)61-55-49-41-37-33-29-25-23-21-19-17-15-13-11-8-2)67-91-95(83,84)89-63-71(78)64-90-96(85,86)92-68-73(66-88-75(80)60-54-48-44-43-46-52-58-70(6)9-3)94-77(82)62-56-50-42-38-34-30-26-27-31-35-39-45-51-57-69(4)5/h18-25,69-73,78H,7-17,26-68H2,1-6H3,(H,83,84)(H,85,86)/b20-18-,21-19-,24-22-,25-23-/t70?,71-,72-,73-/m1/s1. The van der Waals surface area contributed by atoms with Gasteiger partial charge in [-0.25, -0.2) is 9.13 Å². The van der Waals surface area contributed by atoms with Crippen LogP contribution in [-0.4, -0.2) is 96.7 Å². The summed E-state index contributed by atoms with van der Waals surface area (Å²) in [7, 11) is -9.94. The Morgan fingerprint density at radius 3 is 0.927 bits per heavy atom. The third kappa shape index (κ3) is 68.2. The first kappa shape index (κ1) is 93.0. The summed E-state index contributed by atoms with van der Waals surface area (Å²) in [6.45, 7) is 9.44. The molecule has 0 aliphatic carbocycles. The number of aliphatic hydroxyl groups excluding tert-OH is 1. The lowest BCUT2D eigenvalue weighted by molar-refractivity contribution is -0.161. The van der Waals surface area contributed by atoms with Crippen LogP contribution in [0.25, 0.3) is 0 Å². The zero-order valence-corrected chi connectivity index (χ0v) is 63.4. The Kier molecular flexibility index (Phi) is 65.7. The molecule has 0 radical (unpaired) electrons. The molecular weight excluding hydrogens is 1260 g/mol. The molecular formula is C77H142O17P2. The van der Waals surface area contributed by atoms with E-state index in [1.165, 1.54) is 128 Å². The van der Waals surface area contributed by atoms with Crippen molar-refractivity contribution < 1.29 is 80.2 Å². The smallest absolute Gasteiger partial charge is 0.462 e. The minimum absolute atomic E-state index is 0.0779. The number of phosphoric acid groups is 2. The molecule has 0 spiro atoms. The lowest BCUT2D eigenvalue weighted by Gasteiger charge is -2.21. The summed E-state index contributed by atoms with van der Waals surface area (Å²) in [5.74, 6) is -0.666. The largest absolute Gasteiger partial charge is 0.472 e. The van der Waals surface area contributed by atoms with Crippen molar-refractivity contribution in [2.45, 2.75) is 368 Å². The Labute approximate surface area is 585 Å². The molecule has 17 nitrogen and oxygen atoms in total. The molecule has 6 atom stereocenters. The van der Waals surface area contributed by atoms with Gasteiger partial charge in [0.25, 0.3) is 0 Å². The monoisotopic (exact) mass is 1400 g/mol. The molecule has 0 aliphatic heterocycles. The van der Waals surface area contributed by atoms with Crippen LogP contribution in [0.2, 0.25) is 0 Å². The van der Waals surface area contributed by atoms with E-state index < -0.39 is 97.5 Å². The summed E-state index contributed by atoms with van der Waals surface area (Å²) in [6.07, 6.45) is 61.2. The molecule has 0 aromatic heterocycles. The van der Waals surface area contributed by atoms with Gasteiger partial charge in [-0.2, -0.15) is 0 Å². The molecule has 3 N–H and O–H groups in total. The van der Waals surface area contributed by atoms with E-state index in [9.17, 15) is 43.2 Å². The maximum atomic E-state index is 13.1. The van der Waals surface area contributed by atoms with E-state index >= 15 is 0 Å². The summed E-state index contributed by atoms with van der Waals surface area (Å²) < 4.78 is 68.5. The summed E-state index contributed by atoms with van der Waals surface area (Å²) in [4.78, 5) is 72.8. The average molecular weight is 1400 g/mol. The molecule has 0 aliphatic rings. The molecule has 0 aromatic carbocycles. The van der Waals surface area contributed by atoms with Crippen LogP contribution in [-0.2, 0) is 65.4 Å². The van der Waals surface area contributed by atoms with Crippen LogP contribution in [0.3, 0.4) is 0 Å². The third-order valence-corrected chi connectivity index (χ3v) is 19.0. The van der Waals surface area contributed by atoms with Gasteiger partial charge in [0.2, 0.25) is 0 Å². The lowest BCUT2D eigenvalue weighted by Crippen LogP contribution is -2.30. The summed E-state index contributed by atoms with van der Waals surface area (Å²) in [5, 5.41) is 10.6. The number of allylic oxidation sites excluding steroid dienone is 8. The van der Waals surface area contributed by atoms with Gasteiger partial charge in [-0.1, -0.05) is 296 Å². The molecule has 0 saturated carbocycles. The first-order valence-electron chi connectivity index (χ1n) is 38.7. The normalized spacial score (nSPS) is 14.6. The number of carbonyl (C=O) groups excluding carboxylic acids is 4. The predicted molar refractivity (Wildman–Crippen MR) is 390 cm³/mol. The number of hydrogen-bond acceptors (Lipinski definition) is 15. The van der Waals surface area contributed by atoms with Crippen LogP contribution in [0, 0.1) is 11.8 Å². The summed E-state index contributed by atoms with van der Waals surface area (Å²) in [5.41, 5.74) is 0. The van der Waals surface area contributed by atoms with Gasteiger partial charge in [0.1, 0.15) is 19.3 Å². The predicted octanol–water partition coefficient (Wildman–Crippen LogP) is 21.8. The molecule has 0 aromatic rings. The Morgan fingerprint density at radius 2 is 0.615 bits per heavy atom. The van der Waals surface area contributed by atoms with Gasteiger partial charge in [0.15, 0.2) is 12.2 Å². The number of esters is 4. The third-order valence-electron chi connectivity index (χ3n) is 17.1. The summed E-state index contributed by atoms with van der Waals surface area (Å²) >= 11 is 0. The van der Waals surface area contributed by atoms with Gasteiger partial charge >= 0.3 is 39.5 Å². The molecule has 0 heterocycles. The van der Waals surface area contributed by atoms with Crippen LogP contribution in [0.15, 0.2) is 48.6 Å². The first-order chi connectivity index (χ1) is 46.4. The number of ether oxygens (including phenoxy) is 4. The molecule has 0 amide bonds. The fourth-order valence-corrected chi connectivity index (χ4v) is 12.3. The second-order valence-corrected chi connectivity index (χ2v) is 30.0. The molecule has 19 heteroatoms. The van der Waals surface area contributed by atoms with Crippen molar-refractivity contribution in [3.63, 3.8) is 0 Å². The molecule has 96 heavy (non-hydrogen) atoms. The van der Waals surface area contributed by atoms with E-state index in [0.29, 0.717) is 25.7 Å². The van der Waals surface area contributed by atoms with E-state index in [-0.39, 0.29) is 25.7 Å². The zero-order valence-electron chi connectivity index (χ0n) is 61.6. The molecule has 0 rings (SSSR count). The van der Waals surface area contributed by atoms with Crippen LogP contribution in [0.4, 0.5) is 0 Å².